The predicted molar refractivity (Wildman–Crippen MR) is 246 cm³/mol. The first kappa shape index (κ1) is 47.2. The first-order valence-corrected chi connectivity index (χ1v) is 24.3. The smallest absolute Gasteiger partial charge is 0.239 e. The third-order valence-corrected chi connectivity index (χ3v) is 16.5. The molecule has 4 aromatic carbocycles. The summed E-state index contributed by atoms with van der Waals surface area (Å²) in [4.78, 5) is 8.84. The lowest BCUT2D eigenvalue weighted by Crippen LogP contribution is -2.47. The number of aryl methyl sites for hydroxylation is 2. The fourth-order valence-corrected chi connectivity index (χ4v) is 12.5. The Bertz CT molecular complexity index is 2870. The molecule has 1 N–H and O–H groups in total. The third kappa shape index (κ3) is 10.2. The number of aliphatic hydroxyl groups excluding tert-OH is 1. The van der Waals surface area contributed by atoms with Crippen LogP contribution >= 0.6 is 0 Å². The second-order valence-electron chi connectivity index (χ2n) is 16.3. The van der Waals surface area contributed by atoms with Crippen molar-refractivity contribution >= 4 is 26.1 Å². The average molecular weight is 929 g/mol. The largest absolute Gasteiger partial charge is 0.495 e. The minimum absolute atomic E-state index is 0.341. The van der Waals surface area contributed by atoms with Gasteiger partial charge in [0.25, 0.3) is 0 Å². The fourth-order valence-electron chi connectivity index (χ4n) is 8.40. The number of aliphatic hydroxyl groups is 1. The molecule has 344 valence electrons. The van der Waals surface area contributed by atoms with Gasteiger partial charge in [-0.2, -0.15) is 8.61 Å². The van der Waals surface area contributed by atoms with Crippen molar-refractivity contribution in [2.45, 2.75) is 76.8 Å². The van der Waals surface area contributed by atoms with Gasteiger partial charge in [-0.25, -0.2) is 35.6 Å². The van der Waals surface area contributed by atoms with E-state index in [1.54, 1.807) is 75.2 Å². The summed E-state index contributed by atoms with van der Waals surface area (Å²) in [6.07, 6.45) is 9.80. The van der Waals surface area contributed by atoms with Gasteiger partial charge in [0.1, 0.15) is 28.4 Å². The zero-order chi connectivity index (χ0) is 46.6. The Morgan fingerprint density at radius 1 is 0.692 bits per heavy atom. The number of nitrogens with zero attached hydrogens (tertiary/aromatic N) is 6. The van der Waals surface area contributed by atoms with Crippen molar-refractivity contribution in [3.63, 3.8) is 0 Å². The normalized spacial score (nSPS) is 19.5. The molecule has 0 radical (unpaired) electrons. The van der Waals surface area contributed by atoms with E-state index in [4.69, 9.17) is 9.47 Å². The van der Waals surface area contributed by atoms with E-state index in [1.807, 2.05) is 60.5 Å². The van der Waals surface area contributed by atoms with Crippen LogP contribution < -0.4 is 9.47 Å². The van der Waals surface area contributed by atoms with Gasteiger partial charge in [0.2, 0.25) is 20.0 Å². The highest BCUT2D eigenvalue weighted by atomic mass is 32.2. The number of rotatable bonds is 11. The molecule has 0 spiro atoms. The van der Waals surface area contributed by atoms with Crippen LogP contribution in [0.3, 0.4) is 0 Å². The zero-order valence-corrected chi connectivity index (χ0v) is 38.8. The maximum absolute atomic E-state index is 13.5. The lowest BCUT2D eigenvalue weighted by molar-refractivity contribution is 0.152. The number of ether oxygens (including phenoxy) is 2. The van der Waals surface area contributed by atoms with E-state index < -0.39 is 37.4 Å². The molecule has 2 aliphatic heterocycles. The quantitative estimate of drug-likeness (QED) is 0.135. The Morgan fingerprint density at radius 3 is 1.71 bits per heavy atom. The number of benzene rings is 4. The van der Waals surface area contributed by atoms with Crippen LogP contribution in [0.15, 0.2) is 115 Å². The second-order valence-corrected chi connectivity index (χ2v) is 20.3. The van der Waals surface area contributed by atoms with Crippen molar-refractivity contribution in [1.29, 1.82) is 0 Å². The van der Waals surface area contributed by atoms with Crippen molar-refractivity contribution in [3.05, 3.63) is 160 Å². The van der Waals surface area contributed by atoms with Gasteiger partial charge < -0.3 is 23.7 Å². The van der Waals surface area contributed by atoms with Crippen LogP contribution in [0.25, 0.3) is 17.5 Å². The number of hydrogen-bond donors (Lipinski definition) is 1. The first-order valence-electron chi connectivity index (χ1n) is 21.3. The maximum Gasteiger partial charge on any atom is 0.239 e. The van der Waals surface area contributed by atoms with Crippen molar-refractivity contribution < 1.29 is 40.2 Å². The number of imidazole rings is 2. The van der Waals surface area contributed by atoms with Crippen LogP contribution in [0.5, 0.6) is 11.5 Å². The topological polar surface area (TPSA) is 149 Å². The molecule has 65 heavy (non-hydrogen) atoms. The molecule has 8 rings (SSSR count). The molecule has 2 saturated heterocycles. The minimum Gasteiger partial charge on any atom is -0.495 e. The molecule has 4 unspecified atom stereocenters. The van der Waals surface area contributed by atoms with Gasteiger partial charge in [0, 0.05) is 37.6 Å². The average Bonchev–Trinajstić information content (AvgIpc) is 3.94. The summed E-state index contributed by atoms with van der Waals surface area (Å²) in [7, 11) is -4.35. The second kappa shape index (κ2) is 19.8. The molecule has 0 bridgehead atoms. The number of allylic oxidation sites excluding steroid dienone is 1. The van der Waals surface area contributed by atoms with Gasteiger partial charge in [-0.15, -0.1) is 0 Å². The molecule has 13 nitrogen and oxygen atoms in total. The SMILES string of the molecule is COc1cc(/C=C2\CCCN(C(C)c3ccc(F)cc3)S2(=O)=O)ccc1-n1cnc(C)c1.COc1cc(C(O)C2CCCN(C(C)c3ccc(F)cc3)S2(=O)=O)ccc1-n1cnc(C)c1. The lowest BCUT2D eigenvalue weighted by Gasteiger charge is -2.38. The Morgan fingerprint density at radius 2 is 1.18 bits per heavy atom. The summed E-state index contributed by atoms with van der Waals surface area (Å²) < 4.78 is 98.0. The predicted octanol–water partition coefficient (Wildman–Crippen LogP) is 8.77. The number of methoxy groups -OCH3 is 2. The standard InChI is InChI=1S/C24H28FN3O4S.C24H26FN3O3S/c1-16-14-27(15-26-16)21-11-8-19(13-22(21)32-3)24(29)23-5-4-12-28(33(23,30)31)17(2)18-6-9-20(25)10-7-18;1-17-15-27(16-26-17)23-11-6-19(14-24(23)31-3)13-22-5-4-12-28(32(22,29)30)18(2)20-7-9-21(25)10-8-20/h6-11,13-15,17,23-24,29H,4-5,12H2,1-3H3;6-11,13-16,18H,4-5,12H2,1-3H3/b;22-13+. The summed E-state index contributed by atoms with van der Waals surface area (Å²) in [6, 6.07) is 21.7. The number of aromatic nitrogens is 4. The minimum atomic E-state index is -3.81. The van der Waals surface area contributed by atoms with Gasteiger partial charge in [-0.3, -0.25) is 0 Å². The van der Waals surface area contributed by atoms with Gasteiger partial charge in [0.05, 0.1) is 60.6 Å². The van der Waals surface area contributed by atoms with Crippen LogP contribution in [0.2, 0.25) is 0 Å². The summed E-state index contributed by atoms with van der Waals surface area (Å²) >= 11 is 0. The molecule has 0 aliphatic carbocycles. The molecular weight excluding hydrogens is 875 g/mol. The van der Waals surface area contributed by atoms with Crippen LogP contribution in [0.1, 0.15) is 91.4 Å². The first-order chi connectivity index (χ1) is 31.0. The lowest BCUT2D eigenvalue weighted by atomic mass is 10.0. The molecule has 4 atom stereocenters. The molecule has 0 saturated carbocycles. The monoisotopic (exact) mass is 928 g/mol. The Kier molecular flexibility index (Phi) is 14.4. The summed E-state index contributed by atoms with van der Waals surface area (Å²) in [5, 5.41) is 10.2. The van der Waals surface area contributed by atoms with Gasteiger partial charge in [-0.1, -0.05) is 36.4 Å². The van der Waals surface area contributed by atoms with Crippen molar-refractivity contribution in [2.24, 2.45) is 0 Å². The van der Waals surface area contributed by atoms with Crippen LogP contribution in [0, 0.1) is 25.5 Å². The summed E-state index contributed by atoms with van der Waals surface area (Å²) in [6.45, 7) is 8.19. The Hall–Kier alpha value is -5.72. The van der Waals surface area contributed by atoms with Crippen molar-refractivity contribution in [3.8, 4) is 22.9 Å². The zero-order valence-electron chi connectivity index (χ0n) is 37.2. The van der Waals surface area contributed by atoms with Gasteiger partial charge in [-0.05, 0) is 130 Å². The highest BCUT2D eigenvalue weighted by Crippen LogP contribution is 2.39. The molecule has 4 heterocycles. The van der Waals surface area contributed by atoms with Crippen LogP contribution in [-0.4, -0.2) is 82.2 Å². The Balaban J connectivity index is 0.000000194. The molecule has 6 aromatic rings. The van der Waals surface area contributed by atoms with Crippen LogP contribution in [0.4, 0.5) is 8.78 Å². The highest BCUT2D eigenvalue weighted by molar-refractivity contribution is 7.93. The molecular formula is C48H54F2N6O7S2. The third-order valence-electron chi connectivity index (χ3n) is 12.0. The van der Waals surface area contributed by atoms with E-state index in [1.165, 1.54) is 40.0 Å². The number of sulfonamides is 2. The Labute approximate surface area is 379 Å². The van der Waals surface area contributed by atoms with E-state index in [2.05, 4.69) is 9.97 Å². The van der Waals surface area contributed by atoms with Gasteiger partial charge >= 0.3 is 0 Å². The molecule has 2 aliphatic rings. The number of halogens is 2. The maximum atomic E-state index is 13.5. The van der Waals surface area contributed by atoms with E-state index in [-0.39, 0.29) is 17.7 Å². The van der Waals surface area contributed by atoms with E-state index in [0.717, 1.165) is 40.3 Å². The van der Waals surface area contributed by atoms with E-state index >= 15 is 0 Å². The van der Waals surface area contributed by atoms with Crippen molar-refractivity contribution in [2.75, 3.05) is 27.3 Å². The number of hydrogen-bond acceptors (Lipinski definition) is 9. The van der Waals surface area contributed by atoms with E-state index in [9.17, 15) is 30.7 Å². The van der Waals surface area contributed by atoms with E-state index in [0.29, 0.717) is 59.9 Å². The van der Waals surface area contributed by atoms with Crippen molar-refractivity contribution in [1.82, 2.24) is 27.7 Å². The molecule has 2 fully saturated rings. The van der Waals surface area contributed by atoms with Crippen LogP contribution in [-0.2, 0) is 20.0 Å². The fraction of sp³-hybridized carbons (Fsp3) is 0.333. The summed E-state index contributed by atoms with van der Waals surface area (Å²) in [5.41, 5.74) is 6.00. The van der Waals surface area contributed by atoms with Gasteiger partial charge in [0.15, 0.2) is 0 Å². The molecule has 2 aromatic heterocycles. The molecule has 17 heteroatoms. The highest BCUT2D eigenvalue weighted by Gasteiger charge is 2.43. The molecule has 0 amide bonds. The summed E-state index contributed by atoms with van der Waals surface area (Å²) in [5.74, 6) is 0.422.